The molecule has 1 amide bonds. The van der Waals surface area contributed by atoms with Crippen LogP contribution in [0.5, 0.6) is 0 Å². The Morgan fingerprint density at radius 1 is 1.31 bits per heavy atom. The minimum Gasteiger partial charge on any atom is -0.462 e. The Morgan fingerprint density at radius 3 is 2.81 bits per heavy atom. The van der Waals surface area contributed by atoms with Crippen molar-refractivity contribution in [2.75, 3.05) is 19.7 Å². The van der Waals surface area contributed by atoms with Crippen molar-refractivity contribution in [3.05, 3.63) is 40.3 Å². The van der Waals surface area contributed by atoms with Crippen molar-refractivity contribution in [2.45, 2.75) is 31.1 Å². The minimum atomic E-state index is -3.92. The summed E-state index contributed by atoms with van der Waals surface area (Å²) in [6.07, 6.45) is 3.11. The zero-order valence-electron chi connectivity index (χ0n) is 17.5. The second-order valence-electron chi connectivity index (χ2n) is 7.85. The molecule has 1 saturated heterocycles. The number of ether oxygens (including phenoxy) is 1. The molecular formula is C21H24N4O6S. The van der Waals surface area contributed by atoms with Gasteiger partial charge in [-0.1, -0.05) is 6.92 Å². The standard InChI is InChI=1S/C21H24N4O6S/c1-2-8-31-21(28)15-10-23-18-17(15)14-9-13(5-6-16(14)24-20(18)27)32(29,30)25-7-3-4-12(11-25)19(22)26/h5-6,9-10,12,23H,2-4,7-8,11H2,1H3,(H2,22,26)(H,24,27). The third-order valence-electron chi connectivity index (χ3n) is 5.70. The maximum atomic E-state index is 13.3. The molecule has 2 aromatic heterocycles. The van der Waals surface area contributed by atoms with E-state index in [0.29, 0.717) is 35.6 Å². The number of aromatic nitrogens is 2. The summed E-state index contributed by atoms with van der Waals surface area (Å²) in [7, 11) is -3.92. The van der Waals surface area contributed by atoms with E-state index in [1.54, 1.807) is 0 Å². The largest absolute Gasteiger partial charge is 0.462 e. The van der Waals surface area contributed by atoms with Crippen molar-refractivity contribution in [2.24, 2.45) is 11.7 Å². The van der Waals surface area contributed by atoms with Crippen LogP contribution >= 0.6 is 0 Å². The van der Waals surface area contributed by atoms with Gasteiger partial charge in [-0.05, 0) is 37.5 Å². The Morgan fingerprint density at radius 2 is 2.09 bits per heavy atom. The number of piperidine rings is 1. The Balaban J connectivity index is 1.84. The molecule has 4 N–H and O–H groups in total. The highest BCUT2D eigenvalue weighted by Gasteiger charge is 2.33. The number of rotatable bonds is 6. The fourth-order valence-corrected chi connectivity index (χ4v) is 5.59. The third kappa shape index (κ3) is 3.78. The van der Waals surface area contributed by atoms with Crippen molar-refractivity contribution >= 4 is 43.7 Å². The van der Waals surface area contributed by atoms with Crippen LogP contribution in [0, 0.1) is 5.92 Å². The van der Waals surface area contributed by atoms with Crippen LogP contribution in [0.2, 0.25) is 0 Å². The Hall–Kier alpha value is -3.18. The molecule has 0 aliphatic carbocycles. The van der Waals surface area contributed by atoms with Gasteiger partial charge >= 0.3 is 5.97 Å². The topological polar surface area (TPSA) is 155 Å². The van der Waals surface area contributed by atoms with Gasteiger partial charge in [-0.2, -0.15) is 4.31 Å². The second-order valence-corrected chi connectivity index (χ2v) is 9.79. The predicted octanol–water partition coefficient (Wildman–Crippen LogP) is 1.46. The fourth-order valence-electron chi connectivity index (χ4n) is 4.04. The van der Waals surface area contributed by atoms with Crippen LogP contribution in [0.25, 0.3) is 21.8 Å². The molecule has 0 spiro atoms. The van der Waals surface area contributed by atoms with Gasteiger partial charge < -0.3 is 20.4 Å². The molecule has 1 unspecified atom stereocenters. The lowest BCUT2D eigenvalue weighted by atomic mass is 9.99. The Kier molecular flexibility index (Phi) is 5.78. The van der Waals surface area contributed by atoms with Gasteiger partial charge in [-0.15, -0.1) is 0 Å². The molecule has 0 radical (unpaired) electrons. The summed E-state index contributed by atoms with van der Waals surface area (Å²) in [4.78, 5) is 42.1. The van der Waals surface area contributed by atoms with Gasteiger partial charge in [0.25, 0.3) is 5.56 Å². The zero-order chi connectivity index (χ0) is 23.0. The van der Waals surface area contributed by atoms with E-state index >= 15 is 0 Å². The van der Waals surface area contributed by atoms with E-state index in [0.717, 1.165) is 0 Å². The highest BCUT2D eigenvalue weighted by atomic mass is 32.2. The maximum Gasteiger partial charge on any atom is 0.340 e. The first-order valence-electron chi connectivity index (χ1n) is 10.4. The number of nitrogens with one attached hydrogen (secondary N) is 2. The SMILES string of the molecule is CCCOC(=O)c1c[nH]c2c(=O)[nH]c3ccc(S(=O)(=O)N4CCCC(C(N)=O)C4)cc3c12. The van der Waals surface area contributed by atoms with Crippen LogP contribution in [0.1, 0.15) is 36.5 Å². The monoisotopic (exact) mass is 460 g/mol. The van der Waals surface area contributed by atoms with Gasteiger partial charge in [0.15, 0.2) is 0 Å². The lowest BCUT2D eigenvalue weighted by molar-refractivity contribution is -0.122. The number of esters is 1. The number of amides is 1. The number of nitrogens with zero attached hydrogens (tertiary/aromatic N) is 1. The average Bonchev–Trinajstić information content (AvgIpc) is 3.23. The molecule has 32 heavy (non-hydrogen) atoms. The summed E-state index contributed by atoms with van der Waals surface area (Å²) in [5, 5.41) is 0.699. The van der Waals surface area contributed by atoms with E-state index in [9.17, 15) is 22.8 Å². The lowest BCUT2D eigenvalue weighted by Crippen LogP contribution is -2.44. The van der Waals surface area contributed by atoms with E-state index in [1.165, 1.54) is 28.7 Å². The van der Waals surface area contributed by atoms with Crippen LogP contribution < -0.4 is 11.3 Å². The van der Waals surface area contributed by atoms with Crippen LogP contribution in [0.15, 0.2) is 34.1 Å². The zero-order valence-corrected chi connectivity index (χ0v) is 18.3. The molecule has 1 aromatic carbocycles. The van der Waals surface area contributed by atoms with Crippen LogP contribution in [0.3, 0.4) is 0 Å². The number of pyridine rings is 1. The average molecular weight is 461 g/mol. The number of fused-ring (bicyclic) bond motifs is 3. The summed E-state index contributed by atoms with van der Waals surface area (Å²) >= 11 is 0. The van der Waals surface area contributed by atoms with E-state index in [2.05, 4.69) is 9.97 Å². The van der Waals surface area contributed by atoms with Gasteiger partial charge in [0, 0.05) is 35.6 Å². The molecule has 1 aliphatic rings. The Bertz CT molecular complexity index is 1370. The molecule has 1 fully saturated rings. The number of nitrogens with two attached hydrogens (primary N) is 1. The number of carbonyl (C=O) groups is 2. The van der Waals surface area contributed by atoms with Crippen LogP contribution in [0.4, 0.5) is 0 Å². The van der Waals surface area contributed by atoms with E-state index in [1.807, 2.05) is 6.92 Å². The second kappa shape index (κ2) is 8.40. The van der Waals surface area contributed by atoms with Crippen molar-refractivity contribution in [3.63, 3.8) is 0 Å². The van der Waals surface area contributed by atoms with Crippen molar-refractivity contribution < 1.29 is 22.7 Å². The summed E-state index contributed by atoms with van der Waals surface area (Å²) in [5.74, 6) is -1.66. The third-order valence-corrected chi connectivity index (χ3v) is 7.56. The molecule has 0 saturated carbocycles. The van der Waals surface area contributed by atoms with Crippen molar-refractivity contribution in [1.29, 1.82) is 0 Å². The van der Waals surface area contributed by atoms with Gasteiger partial charge in [0.05, 0.1) is 23.0 Å². The molecule has 1 atom stereocenters. The summed E-state index contributed by atoms with van der Waals surface area (Å²) in [6, 6.07) is 4.32. The quantitative estimate of drug-likeness (QED) is 0.473. The highest BCUT2D eigenvalue weighted by molar-refractivity contribution is 7.89. The predicted molar refractivity (Wildman–Crippen MR) is 118 cm³/mol. The van der Waals surface area contributed by atoms with E-state index < -0.39 is 33.4 Å². The van der Waals surface area contributed by atoms with Gasteiger partial charge in [-0.25, -0.2) is 13.2 Å². The van der Waals surface area contributed by atoms with E-state index in [-0.39, 0.29) is 35.7 Å². The smallest absolute Gasteiger partial charge is 0.340 e. The first-order chi connectivity index (χ1) is 15.2. The summed E-state index contributed by atoms with van der Waals surface area (Å²) < 4.78 is 33.1. The molecule has 3 aromatic rings. The number of sulfonamides is 1. The summed E-state index contributed by atoms with van der Waals surface area (Å²) in [5.41, 5.74) is 5.66. The molecule has 3 heterocycles. The van der Waals surface area contributed by atoms with Gasteiger partial charge in [0.1, 0.15) is 5.52 Å². The van der Waals surface area contributed by atoms with E-state index in [4.69, 9.17) is 10.5 Å². The number of H-pyrrole nitrogens is 2. The van der Waals surface area contributed by atoms with Crippen LogP contribution in [-0.4, -0.2) is 54.3 Å². The number of carbonyl (C=O) groups excluding carboxylic acids is 2. The maximum absolute atomic E-state index is 13.3. The number of hydrogen-bond acceptors (Lipinski definition) is 6. The van der Waals surface area contributed by atoms with Crippen molar-refractivity contribution in [3.8, 4) is 0 Å². The number of hydrogen-bond donors (Lipinski definition) is 3. The fraction of sp³-hybridized carbons (Fsp3) is 0.381. The van der Waals surface area contributed by atoms with Gasteiger partial charge in [0.2, 0.25) is 15.9 Å². The first-order valence-corrected chi connectivity index (χ1v) is 11.8. The molecule has 10 nitrogen and oxygen atoms in total. The van der Waals surface area contributed by atoms with Gasteiger partial charge in [-0.3, -0.25) is 9.59 Å². The Labute approximate surface area is 183 Å². The normalized spacial score (nSPS) is 17.6. The molecular weight excluding hydrogens is 436 g/mol. The van der Waals surface area contributed by atoms with Crippen molar-refractivity contribution in [1.82, 2.24) is 14.3 Å². The number of aromatic amines is 2. The molecule has 170 valence electrons. The molecule has 11 heteroatoms. The number of benzene rings is 1. The number of primary amides is 1. The minimum absolute atomic E-state index is 0.00227. The lowest BCUT2D eigenvalue weighted by Gasteiger charge is -2.30. The summed E-state index contributed by atoms with van der Waals surface area (Å²) in [6.45, 7) is 2.39. The highest BCUT2D eigenvalue weighted by Crippen LogP contribution is 2.30. The molecule has 1 aliphatic heterocycles. The molecule has 0 bridgehead atoms. The first kappa shape index (κ1) is 22.0. The van der Waals surface area contributed by atoms with Crippen LogP contribution in [-0.2, 0) is 19.6 Å². The molecule has 4 rings (SSSR count).